The number of ether oxygens (including phenoxy) is 1. The molecule has 3 saturated carbocycles. The summed E-state index contributed by atoms with van der Waals surface area (Å²) in [5, 5.41) is 9.07. The van der Waals surface area contributed by atoms with E-state index in [-0.39, 0.29) is 30.3 Å². The highest BCUT2D eigenvalue weighted by atomic mass is 16.5. The summed E-state index contributed by atoms with van der Waals surface area (Å²) in [6, 6.07) is 9.49. The molecule has 100 valence electrons. The Morgan fingerprint density at radius 2 is 1.95 bits per heavy atom. The molecule has 0 amide bonds. The summed E-state index contributed by atoms with van der Waals surface area (Å²) in [5.41, 5.74) is 0.646. The number of aliphatic carboxylic acids is 1. The number of carboxylic acid groups (broad SMARTS) is 1. The predicted molar refractivity (Wildman–Crippen MR) is 67.1 cm³/mol. The van der Waals surface area contributed by atoms with Crippen LogP contribution < -0.4 is 0 Å². The highest BCUT2D eigenvalue weighted by Gasteiger charge is 2.68. The van der Waals surface area contributed by atoms with Crippen molar-refractivity contribution in [2.45, 2.75) is 25.9 Å². The molecule has 2 bridgehead atoms. The highest BCUT2D eigenvalue weighted by Crippen LogP contribution is 2.70. The molecule has 0 spiro atoms. The second-order valence-corrected chi connectivity index (χ2v) is 5.67. The topological polar surface area (TPSA) is 63.6 Å². The molecule has 3 aliphatic carbocycles. The fourth-order valence-electron chi connectivity index (χ4n) is 3.45. The Balaban J connectivity index is 1.51. The number of rotatable bonds is 5. The minimum Gasteiger partial charge on any atom is -0.481 e. The second kappa shape index (κ2) is 4.37. The van der Waals surface area contributed by atoms with Crippen LogP contribution in [-0.4, -0.2) is 17.0 Å². The number of carbonyl (C=O) groups is 2. The summed E-state index contributed by atoms with van der Waals surface area (Å²) >= 11 is 0. The summed E-state index contributed by atoms with van der Waals surface area (Å²) in [6.07, 6.45) is 1.97. The smallest absolute Gasteiger partial charge is 0.307 e. The maximum Gasteiger partial charge on any atom is 0.307 e. The molecule has 0 heterocycles. The van der Waals surface area contributed by atoms with E-state index in [1.165, 1.54) is 0 Å². The molecular formula is C15H16O4. The van der Waals surface area contributed by atoms with Crippen molar-refractivity contribution in [1.82, 2.24) is 0 Å². The van der Waals surface area contributed by atoms with Crippen molar-refractivity contribution in [3.05, 3.63) is 35.9 Å². The molecule has 0 radical (unpaired) electrons. The summed E-state index contributed by atoms with van der Waals surface area (Å²) in [4.78, 5) is 22.8. The van der Waals surface area contributed by atoms with Gasteiger partial charge >= 0.3 is 11.9 Å². The number of benzene rings is 1. The molecule has 0 aromatic heterocycles. The fraction of sp³-hybridized carbons (Fsp3) is 0.467. The van der Waals surface area contributed by atoms with Crippen molar-refractivity contribution in [1.29, 1.82) is 0 Å². The van der Waals surface area contributed by atoms with Crippen LogP contribution in [0.5, 0.6) is 0 Å². The van der Waals surface area contributed by atoms with E-state index in [2.05, 4.69) is 0 Å². The van der Waals surface area contributed by atoms with Crippen LogP contribution >= 0.6 is 0 Å². The highest BCUT2D eigenvalue weighted by molar-refractivity contribution is 5.78. The zero-order chi connectivity index (χ0) is 13.5. The van der Waals surface area contributed by atoms with Gasteiger partial charge in [-0.15, -0.1) is 0 Å². The minimum atomic E-state index is -0.765. The van der Waals surface area contributed by atoms with Gasteiger partial charge in [0, 0.05) is 0 Å². The van der Waals surface area contributed by atoms with Gasteiger partial charge in [-0.05, 0) is 29.7 Å². The van der Waals surface area contributed by atoms with E-state index in [9.17, 15) is 9.59 Å². The molecule has 4 heteroatoms. The Labute approximate surface area is 111 Å². The van der Waals surface area contributed by atoms with Crippen molar-refractivity contribution in [2.24, 2.45) is 17.3 Å². The van der Waals surface area contributed by atoms with Crippen LogP contribution in [0, 0.1) is 17.3 Å². The van der Waals surface area contributed by atoms with Gasteiger partial charge in [0.05, 0.1) is 12.3 Å². The molecule has 0 saturated heterocycles. The maximum atomic E-state index is 11.8. The second-order valence-electron chi connectivity index (χ2n) is 5.67. The Hall–Kier alpha value is -1.84. The van der Waals surface area contributed by atoms with Gasteiger partial charge in [0.15, 0.2) is 0 Å². The predicted octanol–water partition coefficient (Wildman–Crippen LogP) is 2.23. The number of carboxylic acids is 1. The molecular weight excluding hydrogens is 244 g/mol. The molecule has 3 aliphatic rings. The average molecular weight is 260 g/mol. The quantitative estimate of drug-likeness (QED) is 0.824. The van der Waals surface area contributed by atoms with Crippen molar-refractivity contribution in [3.8, 4) is 0 Å². The van der Waals surface area contributed by atoms with Crippen LogP contribution in [0.1, 0.15) is 24.8 Å². The molecule has 0 aliphatic heterocycles. The standard InChI is InChI=1S/C15H16O4/c16-12(19-9-10-4-2-1-3-5-10)8-15-6-11(7-15)13(15)14(17)18/h1-5,11,13H,6-9H2,(H,17,18). The van der Waals surface area contributed by atoms with Crippen molar-refractivity contribution >= 4 is 11.9 Å². The van der Waals surface area contributed by atoms with Crippen molar-refractivity contribution in [3.63, 3.8) is 0 Å². The lowest BCUT2D eigenvalue weighted by molar-refractivity contribution is -0.217. The normalized spacial score (nSPS) is 30.9. The van der Waals surface area contributed by atoms with Crippen molar-refractivity contribution in [2.75, 3.05) is 0 Å². The number of esters is 1. The SMILES string of the molecule is O=C(CC12CC(C1)C2C(=O)O)OCc1ccccc1. The molecule has 1 unspecified atom stereocenters. The molecule has 3 fully saturated rings. The van der Waals surface area contributed by atoms with Crippen LogP contribution in [0.4, 0.5) is 0 Å². The summed E-state index contributed by atoms with van der Waals surface area (Å²) < 4.78 is 5.22. The first kappa shape index (κ1) is 12.2. The lowest BCUT2D eigenvalue weighted by Crippen LogP contribution is -2.64. The molecule has 4 rings (SSSR count). The van der Waals surface area contributed by atoms with E-state index in [1.807, 2.05) is 30.3 Å². The molecule has 1 atom stereocenters. The van der Waals surface area contributed by atoms with Gasteiger partial charge in [-0.2, -0.15) is 0 Å². The molecule has 1 aromatic carbocycles. The molecule has 19 heavy (non-hydrogen) atoms. The summed E-state index contributed by atoms with van der Waals surface area (Å²) in [5.74, 6) is -1.08. The first-order chi connectivity index (χ1) is 9.11. The van der Waals surface area contributed by atoms with E-state index < -0.39 is 5.97 Å². The first-order valence-corrected chi connectivity index (χ1v) is 6.53. The van der Waals surface area contributed by atoms with Crippen LogP contribution in [0.2, 0.25) is 0 Å². The Bertz CT molecular complexity index is 502. The number of hydrogen-bond acceptors (Lipinski definition) is 3. The average Bonchev–Trinajstić information content (AvgIpc) is 2.31. The monoisotopic (exact) mass is 260 g/mol. The third-order valence-corrected chi connectivity index (χ3v) is 4.47. The van der Waals surface area contributed by atoms with E-state index in [1.54, 1.807) is 0 Å². The summed E-state index contributed by atoms with van der Waals surface area (Å²) in [6.45, 7) is 0.261. The summed E-state index contributed by atoms with van der Waals surface area (Å²) in [7, 11) is 0. The zero-order valence-corrected chi connectivity index (χ0v) is 10.5. The Morgan fingerprint density at radius 3 is 2.47 bits per heavy atom. The Morgan fingerprint density at radius 1 is 1.26 bits per heavy atom. The molecule has 1 aromatic rings. The fourth-order valence-corrected chi connectivity index (χ4v) is 3.45. The lowest BCUT2D eigenvalue weighted by atomic mass is 9.36. The van der Waals surface area contributed by atoms with E-state index in [0.29, 0.717) is 5.92 Å². The zero-order valence-electron chi connectivity index (χ0n) is 10.5. The van der Waals surface area contributed by atoms with E-state index >= 15 is 0 Å². The van der Waals surface area contributed by atoms with Crippen LogP contribution in [0.3, 0.4) is 0 Å². The number of hydrogen-bond donors (Lipinski definition) is 1. The van der Waals surface area contributed by atoms with Crippen LogP contribution in [-0.2, 0) is 20.9 Å². The van der Waals surface area contributed by atoms with Gasteiger partial charge in [-0.25, -0.2) is 0 Å². The Kier molecular flexibility index (Phi) is 2.81. The van der Waals surface area contributed by atoms with Gasteiger partial charge < -0.3 is 9.84 Å². The van der Waals surface area contributed by atoms with Gasteiger partial charge in [0.2, 0.25) is 0 Å². The van der Waals surface area contributed by atoms with Gasteiger partial charge in [-0.1, -0.05) is 30.3 Å². The lowest BCUT2D eigenvalue weighted by Gasteiger charge is -2.66. The van der Waals surface area contributed by atoms with E-state index in [4.69, 9.17) is 9.84 Å². The maximum absolute atomic E-state index is 11.8. The molecule has 4 nitrogen and oxygen atoms in total. The number of carbonyl (C=O) groups excluding carboxylic acids is 1. The van der Waals surface area contributed by atoms with Crippen molar-refractivity contribution < 1.29 is 19.4 Å². The van der Waals surface area contributed by atoms with Crippen LogP contribution in [0.25, 0.3) is 0 Å². The van der Waals surface area contributed by atoms with Crippen LogP contribution in [0.15, 0.2) is 30.3 Å². The van der Waals surface area contributed by atoms with Gasteiger partial charge in [0.25, 0.3) is 0 Å². The van der Waals surface area contributed by atoms with E-state index in [0.717, 1.165) is 18.4 Å². The third kappa shape index (κ3) is 2.01. The minimum absolute atomic E-state index is 0.243. The first-order valence-electron chi connectivity index (χ1n) is 6.53. The molecule has 1 N–H and O–H groups in total. The third-order valence-electron chi connectivity index (χ3n) is 4.47. The van der Waals surface area contributed by atoms with Gasteiger partial charge in [0.1, 0.15) is 6.61 Å². The van der Waals surface area contributed by atoms with Gasteiger partial charge in [-0.3, -0.25) is 9.59 Å². The largest absolute Gasteiger partial charge is 0.481 e.